The number of hydrogen-bond donors (Lipinski definition) is 1. The van der Waals surface area contributed by atoms with E-state index in [0.717, 1.165) is 52.4 Å². The highest BCUT2D eigenvalue weighted by Crippen LogP contribution is 2.20. The molecule has 0 saturated carbocycles. The number of thioether (sulfide) groups is 1. The van der Waals surface area contributed by atoms with Crippen LogP contribution in [0.2, 0.25) is 5.15 Å². The third-order valence-electron chi connectivity index (χ3n) is 3.89. The fourth-order valence-corrected chi connectivity index (χ4v) is 3.70. The zero-order valence-corrected chi connectivity index (χ0v) is 16.2. The lowest BCUT2D eigenvalue weighted by atomic mass is 10.3. The zero-order chi connectivity index (χ0) is 18.1. The summed E-state index contributed by atoms with van der Waals surface area (Å²) < 4.78 is 5.36. The Balaban J connectivity index is 1.76. The summed E-state index contributed by atoms with van der Waals surface area (Å²) in [5, 5.41) is 1.01. The van der Waals surface area contributed by atoms with Crippen LogP contribution in [0.15, 0.2) is 11.1 Å². The lowest BCUT2D eigenvalue weighted by Gasteiger charge is -2.30. The molecule has 0 spiro atoms. The summed E-state index contributed by atoms with van der Waals surface area (Å²) in [5.74, 6) is 0.971. The Hall–Kier alpha value is -1.09. The van der Waals surface area contributed by atoms with Gasteiger partial charge in [-0.15, -0.1) is 11.8 Å². The van der Waals surface area contributed by atoms with Crippen LogP contribution < -0.4 is 5.73 Å². The van der Waals surface area contributed by atoms with E-state index in [1.807, 2.05) is 4.90 Å². The Morgan fingerprint density at radius 3 is 2.84 bits per heavy atom. The van der Waals surface area contributed by atoms with Gasteiger partial charge < -0.3 is 15.4 Å². The molecule has 0 unspecified atom stereocenters. The fraction of sp³-hybridized carbons (Fsp3) is 0.688. The fourth-order valence-electron chi connectivity index (χ4n) is 2.61. The Bertz CT molecular complexity index is 537. The van der Waals surface area contributed by atoms with E-state index in [0.29, 0.717) is 22.4 Å². The Morgan fingerprint density at radius 2 is 2.16 bits per heavy atom. The van der Waals surface area contributed by atoms with Gasteiger partial charge in [0.15, 0.2) is 0 Å². The van der Waals surface area contributed by atoms with Gasteiger partial charge in [0.2, 0.25) is 11.9 Å². The smallest absolute Gasteiger partial charge is 0.223 e. The third kappa shape index (κ3) is 7.35. The first-order chi connectivity index (χ1) is 12.1. The van der Waals surface area contributed by atoms with Gasteiger partial charge in [0.1, 0.15) is 10.2 Å². The van der Waals surface area contributed by atoms with Crippen molar-refractivity contribution in [1.82, 2.24) is 19.8 Å². The summed E-state index contributed by atoms with van der Waals surface area (Å²) in [4.78, 5) is 24.8. The second-order valence-electron chi connectivity index (χ2n) is 5.82. The lowest BCUT2D eigenvalue weighted by Crippen LogP contribution is -2.43. The first-order valence-corrected chi connectivity index (χ1v) is 9.95. The van der Waals surface area contributed by atoms with Crippen molar-refractivity contribution in [3.8, 4) is 0 Å². The van der Waals surface area contributed by atoms with Crippen molar-refractivity contribution in [3.63, 3.8) is 0 Å². The summed E-state index contributed by atoms with van der Waals surface area (Å²) >= 11 is 7.33. The second kappa shape index (κ2) is 10.8. The number of hydrogen-bond acceptors (Lipinski definition) is 7. The highest BCUT2D eigenvalue weighted by Gasteiger charge is 2.16. The highest BCUT2D eigenvalue weighted by molar-refractivity contribution is 7.99. The predicted octanol–water partition coefficient (Wildman–Crippen LogP) is 1.77. The zero-order valence-electron chi connectivity index (χ0n) is 14.6. The van der Waals surface area contributed by atoms with Gasteiger partial charge in [0.25, 0.3) is 0 Å². The summed E-state index contributed by atoms with van der Waals surface area (Å²) in [5.41, 5.74) is 5.58. The van der Waals surface area contributed by atoms with E-state index in [4.69, 9.17) is 22.1 Å². The van der Waals surface area contributed by atoms with Crippen molar-refractivity contribution >= 4 is 35.2 Å². The number of nitrogens with zero attached hydrogens (tertiary/aromatic N) is 4. The third-order valence-corrected chi connectivity index (χ3v) is 5.00. The van der Waals surface area contributed by atoms with Gasteiger partial charge >= 0.3 is 0 Å². The number of carbonyl (C=O) groups is 1. The largest absolute Gasteiger partial charge is 0.379 e. The van der Waals surface area contributed by atoms with Crippen LogP contribution >= 0.6 is 23.4 Å². The molecule has 1 aromatic rings. The molecule has 1 aliphatic rings. The number of halogens is 1. The Kier molecular flexibility index (Phi) is 8.74. The topological polar surface area (TPSA) is 84.6 Å². The summed E-state index contributed by atoms with van der Waals surface area (Å²) in [6.45, 7) is 8.01. The summed E-state index contributed by atoms with van der Waals surface area (Å²) in [6.07, 6.45) is 1.43. The maximum Gasteiger partial charge on any atom is 0.223 e. The van der Waals surface area contributed by atoms with E-state index >= 15 is 0 Å². The van der Waals surface area contributed by atoms with Crippen LogP contribution in [0.5, 0.6) is 0 Å². The molecule has 0 atom stereocenters. The molecule has 9 heteroatoms. The number of amides is 1. The van der Waals surface area contributed by atoms with Gasteiger partial charge in [-0.25, -0.2) is 9.97 Å². The first-order valence-electron chi connectivity index (χ1n) is 8.59. The molecule has 2 rings (SSSR count). The van der Waals surface area contributed by atoms with Gasteiger partial charge in [0.05, 0.1) is 13.2 Å². The minimum Gasteiger partial charge on any atom is -0.379 e. The molecule has 7 nitrogen and oxygen atoms in total. The van der Waals surface area contributed by atoms with Gasteiger partial charge in [-0.3, -0.25) is 9.69 Å². The molecule has 2 N–H and O–H groups in total. The molecule has 1 aromatic heterocycles. The molecular formula is C16H26ClN5O2S. The second-order valence-corrected chi connectivity index (χ2v) is 7.32. The molecule has 1 amide bonds. The molecular weight excluding hydrogens is 362 g/mol. The summed E-state index contributed by atoms with van der Waals surface area (Å²) in [7, 11) is 0. The van der Waals surface area contributed by atoms with E-state index in [-0.39, 0.29) is 11.9 Å². The quantitative estimate of drug-likeness (QED) is 0.510. The summed E-state index contributed by atoms with van der Waals surface area (Å²) in [6, 6.07) is 1.66. The van der Waals surface area contributed by atoms with Crippen LogP contribution in [-0.4, -0.2) is 77.4 Å². The Morgan fingerprint density at radius 1 is 1.40 bits per heavy atom. The number of ether oxygens (including phenoxy) is 1. The monoisotopic (exact) mass is 387 g/mol. The number of nitrogen functional groups attached to an aromatic ring is 1. The van der Waals surface area contributed by atoms with Crippen molar-refractivity contribution < 1.29 is 9.53 Å². The number of aromatic nitrogens is 2. The van der Waals surface area contributed by atoms with E-state index in [9.17, 15) is 4.79 Å². The number of anilines is 1. The van der Waals surface area contributed by atoms with Gasteiger partial charge in [0, 0.05) is 51.0 Å². The minimum atomic E-state index is 0.152. The van der Waals surface area contributed by atoms with E-state index in [1.54, 1.807) is 6.07 Å². The number of morpholine rings is 1. The molecule has 25 heavy (non-hydrogen) atoms. The predicted molar refractivity (Wildman–Crippen MR) is 101 cm³/mol. The van der Waals surface area contributed by atoms with Crippen LogP contribution in [0.4, 0.5) is 5.95 Å². The molecule has 0 bridgehead atoms. The standard InChI is InChI=1S/C16H26ClN5O2S/c1-2-4-22(6-5-21-7-9-24-10-8-21)15(23)3-11-25-14-12-13(17)19-16(18)20-14/h12H,2-11H2,1H3,(H2,18,19,20). The van der Waals surface area contributed by atoms with Gasteiger partial charge in [-0.1, -0.05) is 18.5 Å². The maximum absolute atomic E-state index is 12.5. The maximum atomic E-state index is 12.5. The molecule has 0 radical (unpaired) electrons. The average Bonchev–Trinajstić information content (AvgIpc) is 2.58. The van der Waals surface area contributed by atoms with Crippen molar-refractivity contribution in [3.05, 3.63) is 11.2 Å². The van der Waals surface area contributed by atoms with Crippen molar-refractivity contribution in [2.45, 2.75) is 24.8 Å². The van der Waals surface area contributed by atoms with E-state index in [2.05, 4.69) is 21.8 Å². The minimum absolute atomic E-state index is 0.152. The SMILES string of the molecule is CCCN(CCN1CCOCC1)C(=O)CCSc1cc(Cl)nc(N)n1. The molecule has 0 aliphatic carbocycles. The first kappa shape index (κ1) is 20.2. The average molecular weight is 388 g/mol. The molecule has 2 heterocycles. The highest BCUT2D eigenvalue weighted by atomic mass is 35.5. The Labute approximate surface area is 158 Å². The normalized spacial score (nSPS) is 15.3. The van der Waals surface area contributed by atoms with E-state index in [1.165, 1.54) is 11.8 Å². The number of rotatable bonds is 9. The van der Waals surface area contributed by atoms with Crippen molar-refractivity contribution in [2.24, 2.45) is 0 Å². The number of carbonyl (C=O) groups excluding carboxylic acids is 1. The van der Waals surface area contributed by atoms with Crippen molar-refractivity contribution in [2.75, 3.05) is 57.4 Å². The van der Waals surface area contributed by atoms with Crippen LogP contribution in [-0.2, 0) is 9.53 Å². The molecule has 1 saturated heterocycles. The van der Waals surface area contributed by atoms with Crippen molar-refractivity contribution in [1.29, 1.82) is 0 Å². The van der Waals surface area contributed by atoms with E-state index < -0.39 is 0 Å². The van der Waals surface area contributed by atoms with Crippen LogP contribution in [0.25, 0.3) is 0 Å². The number of nitrogens with two attached hydrogens (primary N) is 1. The molecule has 0 aromatic carbocycles. The molecule has 140 valence electrons. The van der Waals surface area contributed by atoms with Crippen LogP contribution in [0.1, 0.15) is 19.8 Å². The van der Waals surface area contributed by atoms with Crippen LogP contribution in [0, 0.1) is 0 Å². The lowest BCUT2D eigenvalue weighted by molar-refractivity contribution is -0.131. The molecule has 1 fully saturated rings. The van der Waals surface area contributed by atoms with Gasteiger partial charge in [-0.2, -0.15) is 0 Å². The van der Waals surface area contributed by atoms with Crippen LogP contribution in [0.3, 0.4) is 0 Å². The molecule has 1 aliphatic heterocycles. The van der Waals surface area contributed by atoms with Gasteiger partial charge in [-0.05, 0) is 6.42 Å².